The lowest BCUT2D eigenvalue weighted by atomic mass is 9.83. The second-order valence-corrected chi connectivity index (χ2v) is 9.22. The molecule has 0 aliphatic carbocycles. The molecule has 1 fully saturated rings. The van der Waals surface area contributed by atoms with Crippen molar-refractivity contribution < 1.29 is 14.0 Å². The summed E-state index contributed by atoms with van der Waals surface area (Å²) in [6.07, 6.45) is 6.10. The first-order valence-electron chi connectivity index (χ1n) is 12.0. The molecule has 2 aliphatic rings. The molecule has 7 heteroatoms. The monoisotopic (exact) mass is 483 g/mol. The minimum absolute atomic E-state index is 0.0137. The van der Waals surface area contributed by atoms with Gasteiger partial charge in [0.05, 0.1) is 0 Å². The Kier molecular flexibility index (Phi) is 6.62. The van der Waals surface area contributed by atoms with Gasteiger partial charge in [0.1, 0.15) is 11.5 Å². The van der Waals surface area contributed by atoms with Crippen LogP contribution in [0, 0.1) is 11.7 Å². The van der Waals surface area contributed by atoms with Crippen LogP contribution in [0.4, 0.5) is 4.39 Å². The van der Waals surface area contributed by atoms with Crippen LogP contribution in [0.25, 0.3) is 6.08 Å². The number of pyridine rings is 1. The maximum atomic E-state index is 13.7. The zero-order valence-electron chi connectivity index (χ0n) is 19.6. The standard InChI is InChI=1S/C29H26FN3O3/c30-24-14-12-22(13-15-24)28(35)31-25(9-4-8-20-6-2-1-3-7-20)29(36)32-17-21-16-23(19-32)26-10-5-11-27(34)33(26)18-21/h1-15,21,23H,16-19H2,(H,31,35). The third kappa shape index (κ3) is 5.05. The molecule has 2 aromatic carbocycles. The first kappa shape index (κ1) is 23.5. The van der Waals surface area contributed by atoms with E-state index in [1.54, 1.807) is 29.2 Å². The molecule has 2 amide bonds. The third-order valence-corrected chi connectivity index (χ3v) is 6.70. The molecule has 0 spiro atoms. The highest BCUT2D eigenvalue weighted by molar-refractivity contribution is 6.03. The van der Waals surface area contributed by atoms with E-state index >= 15 is 0 Å². The van der Waals surface area contributed by atoms with Gasteiger partial charge in [0.25, 0.3) is 17.4 Å². The Labute approximate surface area is 208 Å². The van der Waals surface area contributed by atoms with Crippen LogP contribution in [0.2, 0.25) is 0 Å². The van der Waals surface area contributed by atoms with Crippen molar-refractivity contribution in [2.45, 2.75) is 18.9 Å². The summed E-state index contributed by atoms with van der Waals surface area (Å²) in [5.41, 5.74) is 2.29. The van der Waals surface area contributed by atoms with Crippen LogP contribution in [0.15, 0.2) is 95.4 Å². The first-order chi connectivity index (χ1) is 17.5. The van der Waals surface area contributed by atoms with Crippen LogP contribution in [-0.2, 0) is 11.3 Å². The lowest BCUT2D eigenvalue weighted by Crippen LogP contribution is -2.50. The molecular formula is C29H26FN3O3. The van der Waals surface area contributed by atoms with E-state index in [4.69, 9.17) is 0 Å². The Morgan fingerprint density at radius 3 is 2.47 bits per heavy atom. The highest BCUT2D eigenvalue weighted by Gasteiger charge is 2.37. The summed E-state index contributed by atoms with van der Waals surface area (Å²) >= 11 is 0. The number of aromatic nitrogens is 1. The van der Waals surface area contributed by atoms with Crippen LogP contribution in [0.5, 0.6) is 0 Å². The number of hydrogen-bond donors (Lipinski definition) is 1. The van der Waals surface area contributed by atoms with Gasteiger partial charge in [-0.15, -0.1) is 0 Å². The molecule has 0 saturated carbocycles. The molecule has 2 bridgehead atoms. The van der Waals surface area contributed by atoms with E-state index in [0.717, 1.165) is 17.7 Å². The van der Waals surface area contributed by atoms with Crippen LogP contribution < -0.4 is 10.9 Å². The topological polar surface area (TPSA) is 71.4 Å². The van der Waals surface area contributed by atoms with Gasteiger partial charge in [-0.3, -0.25) is 14.4 Å². The fraction of sp³-hybridized carbons (Fsp3) is 0.207. The van der Waals surface area contributed by atoms with E-state index < -0.39 is 11.7 Å². The summed E-state index contributed by atoms with van der Waals surface area (Å²) < 4.78 is 15.1. The highest BCUT2D eigenvalue weighted by Crippen LogP contribution is 2.35. The summed E-state index contributed by atoms with van der Waals surface area (Å²) in [6, 6.07) is 20.1. The van der Waals surface area contributed by atoms with Gasteiger partial charge in [-0.1, -0.05) is 48.6 Å². The molecule has 1 aromatic heterocycles. The lowest BCUT2D eigenvalue weighted by molar-refractivity contribution is -0.130. The quantitative estimate of drug-likeness (QED) is 0.441. The van der Waals surface area contributed by atoms with Gasteiger partial charge < -0.3 is 14.8 Å². The van der Waals surface area contributed by atoms with Gasteiger partial charge in [-0.2, -0.15) is 0 Å². The number of fused-ring (bicyclic) bond motifs is 4. The largest absolute Gasteiger partial charge is 0.336 e. The van der Waals surface area contributed by atoms with Gasteiger partial charge in [-0.05, 0) is 54.3 Å². The second kappa shape index (κ2) is 10.2. The predicted octanol–water partition coefficient (Wildman–Crippen LogP) is 3.96. The number of halogens is 1. The minimum Gasteiger partial charge on any atom is -0.336 e. The number of nitrogens with one attached hydrogen (secondary N) is 1. The highest BCUT2D eigenvalue weighted by atomic mass is 19.1. The molecule has 2 atom stereocenters. The molecule has 1 N–H and O–H groups in total. The number of carbonyl (C=O) groups is 2. The number of rotatable bonds is 5. The van der Waals surface area contributed by atoms with Crippen LogP contribution in [0.3, 0.4) is 0 Å². The number of allylic oxidation sites excluding steroid dienone is 2. The van der Waals surface area contributed by atoms with Gasteiger partial charge in [0.15, 0.2) is 0 Å². The van der Waals surface area contributed by atoms with Crippen LogP contribution >= 0.6 is 0 Å². The molecule has 5 rings (SSSR count). The van der Waals surface area contributed by atoms with Crippen LogP contribution in [-0.4, -0.2) is 34.4 Å². The number of benzene rings is 2. The molecule has 182 valence electrons. The van der Waals surface area contributed by atoms with Crippen LogP contribution in [0.1, 0.15) is 34.0 Å². The Bertz CT molecular complexity index is 1390. The molecule has 2 aliphatic heterocycles. The first-order valence-corrected chi connectivity index (χ1v) is 12.0. The van der Waals surface area contributed by atoms with Gasteiger partial charge in [-0.25, -0.2) is 4.39 Å². The van der Waals surface area contributed by atoms with Crippen molar-refractivity contribution in [1.82, 2.24) is 14.8 Å². The Hall–Kier alpha value is -4.26. The summed E-state index contributed by atoms with van der Waals surface area (Å²) in [5, 5.41) is 2.73. The lowest BCUT2D eigenvalue weighted by Gasteiger charge is -2.42. The minimum atomic E-state index is -0.489. The molecule has 6 nitrogen and oxygen atoms in total. The summed E-state index contributed by atoms with van der Waals surface area (Å²) in [7, 11) is 0. The maximum Gasteiger partial charge on any atom is 0.270 e. The molecule has 3 heterocycles. The van der Waals surface area contributed by atoms with E-state index in [-0.39, 0.29) is 34.6 Å². The third-order valence-electron chi connectivity index (χ3n) is 6.70. The fourth-order valence-electron chi connectivity index (χ4n) is 5.01. The molecule has 3 aromatic rings. The molecular weight excluding hydrogens is 457 g/mol. The van der Waals surface area contributed by atoms with Crippen molar-refractivity contribution in [2.24, 2.45) is 5.92 Å². The normalized spacial score (nSPS) is 19.1. The predicted molar refractivity (Wildman–Crippen MR) is 136 cm³/mol. The summed E-state index contributed by atoms with van der Waals surface area (Å²) in [4.78, 5) is 40.6. The molecule has 1 saturated heterocycles. The fourth-order valence-corrected chi connectivity index (χ4v) is 5.01. The molecule has 36 heavy (non-hydrogen) atoms. The van der Waals surface area contributed by atoms with Crippen molar-refractivity contribution in [2.75, 3.05) is 13.1 Å². The number of likely N-dealkylation sites (tertiary alicyclic amines) is 1. The smallest absolute Gasteiger partial charge is 0.270 e. The average molecular weight is 484 g/mol. The summed E-state index contributed by atoms with van der Waals surface area (Å²) in [5.74, 6) is -0.997. The summed E-state index contributed by atoms with van der Waals surface area (Å²) in [6.45, 7) is 1.54. The van der Waals surface area contributed by atoms with E-state index in [1.807, 2.05) is 47.0 Å². The zero-order chi connectivity index (χ0) is 25.1. The molecule has 0 radical (unpaired) electrons. The SMILES string of the molecule is O=C(NC(=CC=Cc1ccccc1)C(=O)N1CC2CC(C1)c1cccc(=O)n1C2)c1ccc(F)cc1. The Morgan fingerprint density at radius 2 is 1.69 bits per heavy atom. The Morgan fingerprint density at radius 1 is 0.917 bits per heavy atom. The number of amides is 2. The van der Waals surface area contributed by atoms with E-state index in [2.05, 4.69) is 5.32 Å². The van der Waals surface area contributed by atoms with Crippen molar-refractivity contribution in [3.63, 3.8) is 0 Å². The number of nitrogens with zero attached hydrogens (tertiary/aromatic N) is 2. The molecule has 2 unspecified atom stereocenters. The van der Waals surface area contributed by atoms with Gasteiger partial charge in [0, 0.05) is 42.9 Å². The zero-order valence-corrected chi connectivity index (χ0v) is 19.6. The maximum absolute atomic E-state index is 13.7. The Balaban J connectivity index is 1.40. The van der Waals surface area contributed by atoms with Crippen molar-refractivity contribution in [3.8, 4) is 0 Å². The number of piperidine rings is 1. The van der Waals surface area contributed by atoms with Crippen molar-refractivity contribution in [1.29, 1.82) is 0 Å². The van der Waals surface area contributed by atoms with Gasteiger partial charge >= 0.3 is 0 Å². The van der Waals surface area contributed by atoms with Gasteiger partial charge in [0.2, 0.25) is 0 Å². The number of hydrogen-bond acceptors (Lipinski definition) is 3. The second-order valence-electron chi connectivity index (χ2n) is 9.22. The average Bonchev–Trinajstić information content (AvgIpc) is 2.89. The van der Waals surface area contributed by atoms with E-state index in [0.29, 0.717) is 19.6 Å². The van der Waals surface area contributed by atoms with E-state index in [1.165, 1.54) is 24.3 Å². The van der Waals surface area contributed by atoms with E-state index in [9.17, 15) is 18.8 Å². The van der Waals surface area contributed by atoms with Crippen molar-refractivity contribution in [3.05, 3.63) is 124 Å². The van der Waals surface area contributed by atoms with Crippen molar-refractivity contribution >= 4 is 17.9 Å². The number of carbonyl (C=O) groups excluding carboxylic acids is 2.